The third-order valence-corrected chi connectivity index (χ3v) is 5.76. The lowest BCUT2D eigenvalue weighted by molar-refractivity contribution is -0.137. The van der Waals surface area contributed by atoms with Crippen LogP contribution < -0.4 is 0 Å². The zero-order chi connectivity index (χ0) is 15.7. The maximum absolute atomic E-state index is 11.1. The van der Waals surface area contributed by atoms with Crippen molar-refractivity contribution in [2.45, 2.75) is 70.6 Å². The molecule has 1 unspecified atom stereocenters. The number of rotatable bonds is 5. The summed E-state index contributed by atoms with van der Waals surface area (Å²) >= 11 is 0. The van der Waals surface area contributed by atoms with Crippen LogP contribution >= 0.6 is 0 Å². The second kappa shape index (κ2) is 6.06. The van der Waals surface area contributed by atoms with Gasteiger partial charge in [0.15, 0.2) is 0 Å². The minimum Gasteiger partial charge on any atom is -0.481 e. The molecule has 1 N–H and O–H groups in total. The van der Waals surface area contributed by atoms with Crippen molar-refractivity contribution in [2.75, 3.05) is 0 Å². The van der Waals surface area contributed by atoms with Crippen LogP contribution in [0.15, 0.2) is 24.3 Å². The lowest BCUT2D eigenvalue weighted by atomic mass is 9.71. The van der Waals surface area contributed by atoms with E-state index in [1.165, 1.54) is 49.7 Å². The first-order valence-corrected chi connectivity index (χ1v) is 8.76. The molecular weight excluding hydrogens is 272 g/mol. The van der Waals surface area contributed by atoms with E-state index in [2.05, 4.69) is 38.1 Å². The van der Waals surface area contributed by atoms with Crippen molar-refractivity contribution in [3.63, 3.8) is 0 Å². The first-order valence-electron chi connectivity index (χ1n) is 8.76. The maximum atomic E-state index is 11.1. The standard InChI is InChI=1S/C20H28O2/c1-20(2)11-9-15(10-12-20)14-3-5-16(6-4-14)18(13-19(21)22)17-7-8-17/h3-6,15,17-18H,7-13H2,1-2H3,(H,21,22). The molecule has 120 valence electrons. The molecule has 0 radical (unpaired) electrons. The van der Waals surface area contributed by atoms with Gasteiger partial charge in [0, 0.05) is 0 Å². The molecule has 22 heavy (non-hydrogen) atoms. The molecule has 2 aliphatic rings. The Labute approximate surface area is 133 Å². The van der Waals surface area contributed by atoms with Crippen LogP contribution in [0.5, 0.6) is 0 Å². The molecule has 2 heteroatoms. The van der Waals surface area contributed by atoms with Crippen molar-refractivity contribution >= 4 is 5.97 Å². The van der Waals surface area contributed by atoms with Crippen molar-refractivity contribution in [3.8, 4) is 0 Å². The van der Waals surface area contributed by atoms with Crippen LogP contribution in [-0.2, 0) is 4.79 Å². The predicted molar refractivity (Wildman–Crippen MR) is 89.1 cm³/mol. The lowest BCUT2D eigenvalue weighted by Gasteiger charge is -2.34. The molecular formula is C20H28O2. The fourth-order valence-corrected chi connectivity index (χ4v) is 3.99. The van der Waals surface area contributed by atoms with Crippen molar-refractivity contribution in [1.29, 1.82) is 0 Å². The molecule has 2 aliphatic carbocycles. The molecule has 0 amide bonds. The quantitative estimate of drug-likeness (QED) is 0.797. The molecule has 2 nitrogen and oxygen atoms in total. The van der Waals surface area contributed by atoms with E-state index >= 15 is 0 Å². The number of benzene rings is 1. The minimum atomic E-state index is -0.671. The lowest BCUT2D eigenvalue weighted by Crippen LogP contribution is -2.20. The number of carboxylic acid groups (broad SMARTS) is 1. The predicted octanol–water partition coefficient (Wildman–Crippen LogP) is 5.34. The van der Waals surface area contributed by atoms with Crippen LogP contribution in [-0.4, -0.2) is 11.1 Å². The third kappa shape index (κ3) is 3.71. The summed E-state index contributed by atoms with van der Waals surface area (Å²) in [6.07, 6.45) is 7.85. The first-order chi connectivity index (χ1) is 10.4. The van der Waals surface area contributed by atoms with E-state index < -0.39 is 5.97 Å². The number of hydrogen-bond donors (Lipinski definition) is 1. The Kier molecular flexibility index (Phi) is 4.29. The molecule has 2 saturated carbocycles. The fraction of sp³-hybridized carbons (Fsp3) is 0.650. The Bertz CT molecular complexity index is 515. The van der Waals surface area contributed by atoms with Crippen LogP contribution in [0.25, 0.3) is 0 Å². The molecule has 1 atom stereocenters. The van der Waals surface area contributed by atoms with E-state index in [0.717, 1.165) is 0 Å². The zero-order valence-electron chi connectivity index (χ0n) is 13.8. The van der Waals surface area contributed by atoms with E-state index in [0.29, 0.717) is 17.3 Å². The second-order valence-corrected chi connectivity index (χ2v) is 8.15. The normalized spacial score (nSPS) is 23.2. The summed E-state index contributed by atoms with van der Waals surface area (Å²) in [6, 6.07) is 8.91. The van der Waals surface area contributed by atoms with Crippen molar-refractivity contribution in [1.82, 2.24) is 0 Å². The van der Waals surface area contributed by atoms with Gasteiger partial charge in [-0.25, -0.2) is 0 Å². The smallest absolute Gasteiger partial charge is 0.303 e. The van der Waals surface area contributed by atoms with Gasteiger partial charge < -0.3 is 5.11 Å². The number of carboxylic acids is 1. The van der Waals surface area contributed by atoms with E-state index in [1.54, 1.807) is 0 Å². The Morgan fingerprint density at radius 2 is 1.73 bits per heavy atom. The van der Waals surface area contributed by atoms with Crippen molar-refractivity contribution in [2.24, 2.45) is 11.3 Å². The van der Waals surface area contributed by atoms with Crippen LogP contribution in [0, 0.1) is 11.3 Å². The van der Waals surface area contributed by atoms with Gasteiger partial charge >= 0.3 is 5.97 Å². The largest absolute Gasteiger partial charge is 0.481 e. The molecule has 1 aromatic rings. The Balaban J connectivity index is 1.68. The van der Waals surface area contributed by atoms with E-state index in [4.69, 9.17) is 5.11 Å². The van der Waals surface area contributed by atoms with Gasteiger partial charge in [0.05, 0.1) is 6.42 Å². The van der Waals surface area contributed by atoms with Crippen LogP contribution in [0.2, 0.25) is 0 Å². The fourth-order valence-electron chi connectivity index (χ4n) is 3.99. The van der Waals surface area contributed by atoms with Gasteiger partial charge in [0.2, 0.25) is 0 Å². The van der Waals surface area contributed by atoms with Gasteiger partial charge in [-0.2, -0.15) is 0 Å². The Morgan fingerprint density at radius 3 is 2.23 bits per heavy atom. The SMILES string of the molecule is CC1(C)CCC(c2ccc(C(CC(=O)O)C3CC3)cc2)CC1. The zero-order valence-corrected chi connectivity index (χ0v) is 13.8. The highest BCUT2D eigenvalue weighted by molar-refractivity contribution is 5.68. The number of carbonyl (C=O) groups is 1. The molecule has 0 bridgehead atoms. The summed E-state index contributed by atoms with van der Waals surface area (Å²) in [5, 5.41) is 9.13. The molecule has 0 saturated heterocycles. The third-order valence-electron chi connectivity index (χ3n) is 5.76. The van der Waals surface area contributed by atoms with Crippen molar-refractivity contribution < 1.29 is 9.90 Å². The van der Waals surface area contributed by atoms with E-state index in [1.807, 2.05) is 0 Å². The van der Waals surface area contributed by atoms with Gasteiger partial charge in [-0.1, -0.05) is 38.1 Å². The molecule has 0 spiro atoms. The summed E-state index contributed by atoms with van der Waals surface area (Å²) in [5.74, 6) is 0.839. The molecule has 0 aromatic heterocycles. The first kappa shape index (κ1) is 15.6. The van der Waals surface area contributed by atoms with Gasteiger partial charge in [0.1, 0.15) is 0 Å². The molecule has 0 aliphatic heterocycles. The topological polar surface area (TPSA) is 37.3 Å². The highest BCUT2D eigenvalue weighted by atomic mass is 16.4. The summed E-state index contributed by atoms with van der Waals surface area (Å²) in [6.45, 7) is 4.75. The number of hydrogen-bond acceptors (Lipinski definition) is 1. The van der Waals surface area contributed by atoms with E-state index in [9.17, 15) is 4.79 Å². The average molecular weight is 300 g/mol. The summed E-state index contributed by atoms with van der Waals surface area (Å²) in [7, 11) is 0. The molecule has 2 fully saturated rings. The monoisotopic (exact) mass is 300 g/mol. The highest BCUT2D eigenvalue weighted by Gasteiger charge is 2.34. The summed E-state index contributed by atoms with van der Waals surface area (Å²) in [4.78, 5) is 11.1. The van der Waals surface area contributed by atoms with Crippen LogP contribution in [0.4, 0.5) is 0 Å². The summed E-state index contributed by atoms with van der Waals surface area (Å²) in [5.41, 5.74) is 3.18. The van der Waals surface area contributed by atoms with Crippen LogP contribution in [0.1, 0.15) is 81.8 Å². The average Bonchev–Trinajstić information content (AvgIpc) is 3.29. The highest BCUT2D eigenvalue weighted by Crippen LogP contribution is 2.46. The van der Waals surface area contributed by atoms with E-state index in [-0.39, 0.29) is 12.3 Å². The second-order valence-electron chi connectivity index (χ2n) is 8.15. The van der Waals surface area contributed by atoms with Crippen LogP contribution in [0.3, 0.4) is 0 Å². The van der Waals surface area contributed by atoms with Gasteiger partial charge in [-0.15, -0.1) is 0 Å². The summed E-state index contributed by atoms with van der Waals surface area (Å²) < 4.78 is 0. The molecule has 1 aromatic carbocycles. The number of aliphatic carboxylic acids is 1. The van der Waals surface area contributed by atoms with Gasteiger partial charge in [0.25, 0.3) is 0 Å². The maximum Gasteiger partial charge on any atom is 0.303 e. The molecule has 3 rings (SSSR count). The van der Waals surface area contributed by atoms with Gasteiger partial charge in [-0.05, 0) is 72.8 Å². The Morgan fingerprint density at radius 1 is 1.14 bits per heavy atom. The minimum absolute atomic E-state index is 0.219. The molecule has 0 heterocycles. The van der Waals surface area contributed by atoms with Gasteiger partial charge in [-0.3, -0.25) is 4.79 Å². The Hall–Kier alpha value is -1.31. The van der Waals surface area contributed by atoms with Crippen molar-refractivity contribution in [3.05, 3.63) is 35.4 Å².